The van der Waals surface area contributed by atoms with E-state index in [2.05, 4.69) is 21.2 Å². The Labute approximate surface area is 167 Å². The van der Waals surface area contributed by atoms with Crippen molar-refractivity contribution in [2.75, 3.05) is 20.8 Å². The number of alkyl carbamates (subject to hydrolysis) is 1. The molecule has 0 aromatic heterocycles. The molecule has 1 aromatic carbocycles. The molecule has 1 rings (SSSR count). The number of nitrogens with one attached hydrogen (secondary N) is 1. The van der Waals surface area contributed by atoms with Crippen molar-refractivity contribution in [1.29, 1.82) is 0 Å². The number of nitrogens with two attached hydrogens (primary N) is 1. The van der Waals surface area contributed by atoms with Crippen LogP contribution in [0.2, 0.25) is 0 Å². The minimum absolute atomic E-state index is 0.0728. The molecule has 0 heterocycles. The molecule has 2 atom stereocenters. The van der Waals surface area contributed by atoms with Crippen LogP contribution in [0, 0.1) is 5.92 Å². The SMILES string of the molecule is COc1cc(CCNC(=O)OC(C)OC(=O)[C@@H](N)C(C)C)c(OC)cc1Br. The van der Waals surface area contributed by atoms with E-state index in [1.807, 2.05) is 6.07 Å². The van der Waals surface area contributed by atoms with Crippen LogP contribution in [0.5, 0.6) is 11.5 Å². The molecule has 0 bridgehead atoms. The van der Waals surface area contributed by atoms with Crippen LogP contribution in [0.1, 0.15) is 26.3 Å². The molecule has 27 heavy (non-hydrogen) atoms. The number of amides is 1. The molecule has 1 unspecified atom stereocenters. The highest BCUT2D eigenvalue weighted by Gasteiger charge is 2.22. The third-order valence-electron chi connectivity index (χ3n) is 3.76. The van der Waals surface area contributed by atoms with Crippen molar-refractivity contribution in [2.45, 2.75) is 39.5 Å². The van der Waals surface area contributed by atoms with Gasteiger partial charge in [0.25, 0.3) is 0 Å². The quantitative estimate of drug-likeness (QED) is 0.443. The Balaban J connectivity index is 2.50. The lowest BCUT2D eigenvalue weighted by Crippen LogP contribution is -2.40. The van der Waals surface area contributed by atoms with Gasteiger partial charge in [-0.15, -0.1) is 0 Å². The summed E-state index contributed by atoms with van der Waals surface area (Å²) < 4.78 is 21.4. The Morgan fingerprint density at radius 2 is 1.74 bits per heavy atom. The van der Waals surface area contributed by atoms with Gasteiger partial charge in [-0.2, -0.15) is 0 Å². The molecule has 0 aliphatic heterocycles. The highest BCUT2D eigenvalue weighted by molar-refractivity contribution is 9.10. The van der Waals surface area contributed by atoms with Crippen molar-refractivity contribution < 1.29 is 28.5 Å². The number of hydrogen-bond donors (Lipinski definition) is 2. The fourth-order valence-electron chi connectivity index (χ4n) is 2.15. The molecule has 0 spiro atoms. The minimum Gasteiger partial charge on any atom is -0.496 e. The summed E-state index contributed by atoms with van der Waals surface area (Å²) in [6, 6.07) is 2.86. The van der Waals surface area contributed by atoms with Crippen LogP contribution in [0.3, 0.4) is 0 Å². The molecule has 1 aromatic rings. The van der Waals surface area contributed by atoms with E-state index in [1.165, 1.54) is 6.92 Å². The largest absolute Gasteiger partial charge is 0.496 e. The van der Waals surface area contributed by atoms with E-state index in [4.69, 9.17) is 24.7 Å². The third-order valence-corrected chi connectivity index (χ3v) is 4.38. The molecular weight excluding hydrogens is 420 g/mol. The number of carbonyl (C=O) groups excluding carboxylic acids is 2. The molecule has 0 radical (unpaired) electrons. The number of hydrogen-bond acceptors (Lipinski definition) is 7. The van der Waals surface area contributed by atoms with Gasteiger partial charge in [-0.05, 0) is 46.0 Å². The summed E-state index contributed by atoms with van der Waals surface area (Å²) >= 11 is 3.39. The Kier molecular flexibility index (Phi) is 9.37. The van der Waals surface area contributed by atoms with Gasteiger partial charge in [0.2, 0.25) is 6.29 Å². The zero-order chi connectivity index (χ0) is 20.6. The number of rotatable bonds is 9. The van der Waals surface area contributed by atoms with Gasteiger partial charge in [0.15, 0.2) is 0 Å². The van der Waals surface area contributed by atoms with Crippen molar-refractivity contribution in [1.82, 2.24) is 5.32 Å². The molecule has 0 aliphatic carbocycles. The average molecular weight is 447 g/mol. The first kappa shape index (κ1) is 23.0. The van der Waals surface area contributed by atoms with E-state index >= 15 is 0 Å². The maximum atomic E-state index is 11.8. The summed E-state index contributed by atoms with van der Waals surface area (Å²) in [5.74, 6) is 0.645. The lowest BCUT2D eigenvalue weighted by molar-refractivity contribution is -0.167. The Morgan fingerprint density at radius 3 is 2.30 bits per heavy atom. The minimum atomic E-state index is -1.04. The van der Waals surface area contributed by atoms with Gasteiger partial charge in [-0.3, -0.25) is 4.79 Å². The fraction of sp³-hybridized carbons (Fsp3) is 0.556. The normalized spacial score (nSPS) is 12.9. The summed E-state index contributed by atoms with van der Waals surface area (Å²) in [5.41, 5.74) is 6.55. The van der Waals surface area contributed by atoms with Gasteiger partial charge < -0.3 is 30.0 Å². The van der Waals surface area contributed by atoms with E-state index in [9.17, 15) is 9.59 Å². The maximum Gasteiger partial charge on any atom is 0.410 e. The highest BCUT2D eigenvalue weighted by Crippen LogP contribution is 2.32. The van der Waals surface area contributed by atoms with Gasteiger partial charge in [0.1, 0.15) is 17.5 Å². The summed E-state index contributed by atoms with van der Waals surface area (Å²) in [4.78, 5) is 23.6. The molecule has 8 nitrogen and oxygen atoms in total. The van der Waals surface area contributed by atoms with Crippen LogP contribution in [0.25, 0.3) is 0 Å². The van der Waals surface area contributed by atoms with Crippen molar-refractivity contribution in [2.24, 2.45) is 11.7 Å². The molecule has 3 N–H and O–H groups in total. The topological polar surface area (TPSA) is 109 Å². The van der Waals surface area contributed by atoms with Gasteiger partial charge in [0.05, 0.1) is 18.7 Å². The van der Waals surface area contributed by atoms with Crippen LogP contribution in [-0.4, -0.2) is 45.2 Å². The lowest BCUT2D eigenvalue weighted by atomic mass is 10.1. The van der Waals surface area contributed by atoms with Crippen LogP contribution < -0.4 is 20.5 Å². The summed E-state index contributed by atoms with van der Waals surface area (Å²) in [7, 11) is 3.14. The zero-order valence-corrected chi connectivity index (χ0v) is 17.8. The molecule has 152 valence electrons. The van der Waals surface area contributed by atoms with E-state index < -0.39 is 24.4 Å². The maximum absolute atomic E-state index is 11.8. The first-order valence-electron chi connectivity index (χ1n) is 8.50. The Hall–Kier alpha value is -2.00. The second kappa shape index (κ2) is 11.0. The lowest BCUT2D eigenvalue weighted by Gasteiger charge is -2.19. The number of esters is 1. The first-order chi connectivity index (χ1) is 12.7. The predicted octanol–water partition coefficient (Wildman–Crippen LogP) is 2.61. The molecule has 0 aliphatic rings. The van der Waals surface area contributed by atoms with E-state index in [1.54, 1.807) is 34.1 Å². The predicted molar refractivity (Wildman–Crippen MR) is 104 cm³/mol. The van der Waals surface area contributed by atoms with Crippen LogP contribution in [0.15, 0.2) is 16.6 Å². The van der Waals surface area contributed by atoms with Crippen LogP contribution in [0.4, 0.5) is 4.79 Å². The fourth-order valence-corrected chi connectivity index (χ4v) is 2.63. The third kappa shape index (κ3) is 7.26. The molecule has 0 fully saturated rings. The van der Waals surface area contributed by atoms with Crippen molar-refractivity contribution >= 4 is 28.0 Å². The number of ether oxygens (including phenoxy) is 4. The zero-order valence-electron chi connectivity index (χ0n) is 16.2. The van der Waals surface area contributed by atoms with Crippen molar-refractivity contribution in [3.63, 3.8) is 0 Å². The molecule has 0 saturated carbocycles. The molecule has 9 heteroatoms. The van der Waals surface area contributed by atoms with Crippen molar-refractivity contribution in [3.05, 3.63) is 22.2 Å². The number of methoxy groups -OCH3 is 2. The van der Waals surface area contributed by atoms with Crippen molar-refractivity contribution in [3.8, 4) is 11.5 Å². The first-order valence-corrected chi connectivity index (χ1v) is 9.29. The highest BCUT2D eigenvalue weighted by atomic mass is 79.9. The standard InChI is InChI=1S/C18H27BrN2O6/c1-10(2)16(20)17(22)26-11(3)27-18(23)21-7-6-12-8-15(25-5)13(19)9-14(12)24-4/h8-11,16H,6-7,20H2,1-5H3,(H,21,23)/t11?,16-/m0/s1. The second-order valence-corrected chi connectivity index (χ2v) is 7.01. The number of halogens is 1. The van der Waals surface area contributed by atoms with Gasteiger partial charge >= 0.3 is 12.1 Å². The molecule has 0 saturated heterocycles. The van der Waals surface area contributed by atoms with Gasteiger partial charge in [0, 0.05) is 13.5 Å². The number of carbonyl (C=O) groups is 2. The average Bonchev–Trinajstić information content (AvgIpc) is 2.61. The van der Waals surface area contributed by atoms with Crippen LogP contribution >= 0.6 is 15.9 Å². The van der Waals surface area contributed by atoms with Crippen LogP contribution in [-0.2, 0) is 20.7 Å². The summed E-state index contributed by atoms with van der Waals surface area (Å²) in [6.45, 7) is 5.35. The molecular formula is C18H27BrN2O6. The second-order valence-electron chi connectivity index (χ2n) is 6.16. The Morgan fingerprint density at radius 1 is 1.11 bits per heavy atom. The number of benzene rings is 1. The van der Waals surface area contributed by atoms with E-state index in [-0.39, 0.29) is 5.92 Å². The monoisotopic (exact) mass is 446 g/mol. The van der Waals surface area contributed by atoms with E-state index in [0.717, 1.165) is 10.0 Å². The van der Waals surface area contributed by atoms with Gasteiger partial charge in [-0.1, -0.05) is 13.8 Å². The summed E-state index contributed by atoms with van der Waals surface area (Å²) in [6.07, 6.45) is -1.24. The smallest absolute Gasteiger partial charge is 0.410 e. The molecule has 1 amide bonds. The van der Waals surface area contributed by atoms with Gasteiger partial charge in [-0.25, -0.2) is 4.79 Å². The Bertz CT molecular complexity index is 653. The summed E-state index contributed by atoms with van der Waals surface area (Å²) in [5, 5.41) is 2.60. The van der Waals surface area contributed by atoms with E-state index in [0.29, 0.717) is 24.5 Å².